The molecule has 0 radical (unpaired) electrons. The van der Waals surface area contributed by atoms with Crippen molar-refractivity contribution in [3.05, 3.63) is 123 Å². The number of benzene rings is 4. The van der Waals surface area contributed by atoms with Crippen molar-refractivity contribution in [2.75, 3.05) is 58.6 Å². The molecule has 4 aromatic rings. The molecule has 0 bridgehead atoms. The van der Waals surface area contributed by atoms with Crippen LogP contribution in [0.2, 0.25) is 0 Å². The number of nitrogens with one attached hydrogen (secondary N) is 3. The number of anilines is 3. The molecule has 0 aliphatic heterocycles. The molecule has 36 nitrogen and oxygen atoms in total. The van der Waals surface area contributed by atoms with Gasteiger partial charge in [0.15, 0.2) is 0 Å². The molecule has 4 rings (SSSR count). The second kappa shape index (κ2) is 27.5. The summed E-state index contributed by atoms with van der Waals surface area (Å²) in [6.45, 7) is -0.843. The van der Waals surface area contributed by atoms with E-state index in [4.69, 9.17) is 4.89 Å². The Bertz CT molecular complexity index is 3210. The van der Waals surface area contributed by atoms with E-state index < -0.39 is 163 Å². The van der Waals surface area contributed by atoms with Gasteiger partial charge in [-0.15, -0.1) is 4.67 Å². The molecule has 0 aromatic heterocycles. The van der Waals surface area contributed by atoms with E-state index in [1.165, 1.54) is 0 Å². The van der Waals surface area contributed by atoms with E-state index in [0.717, 1.165) is 43.5 Å². The summed E-state index contributed by atoms with van der Waals surface area (Å²) in [7, 11) is -26.2. The van der Waals surface area contributed by atoms with Gasteiger partial charge in [0.1, 0.15) is 6.61 Å². The second-order valence-electron chi connectivity index (χ2n) is 14.8. The molecule has 0 aliphatic rings. The zero-order chi connectivity index (χ0) is 61.1. The van der Waals surface area contributed by atoms with Crippen molar-refractivity contribution in [3.8, 4) is 0 Å². The Hall–Kier alpha value is -6.54. The Balaban J connectivity index is 1.93. The van der Waals surface area contributed by atoms with Crippen molar-refractivity contribution in [1.82, 2.24) is 0 Å². The molecular formula is C39H41N3O33P6. The Morgan fingerprint density at radius 2 is 0.556 bits per heavy atom. The first kappa shape index (κ1) is 67.0. The smallest absolute Gasteiger partial charge is 0.367 e. The maximum Gasteiger partial charge on any atom is 0.529 e. The molecule has 0 fully saturated rings. The van der Waals surface area contributed by atoms with E-state index >= 15 is 0 Å². The summed E-state index contributed by atoms with van der Waals surface area (Å²) in [5, 5.41) is 6.63. The van der Waals surface area contributed by atoms with Crippen molar-refractivity contribution >= 4 is 112 Å². The quantitative estimate of drug-likeness (QED) is 0.0223. The first-order valence-corrected chi connectivity index (χ1v) is 29.8. The number of rotatable bonds is 26. The van der Waals surface area contributed by atoms with Crippen molar-refractivity contribution < 1.29 is 154 Å². The molecule has 0 saturated heterocycles. The molecule has 0 aliphatic carbocycles. The van der Waals surface area contributed by atoms with Crippen molar-refractivity contribution in [1.29, 1.82) is 0 Å². The SMILES string of the molecule is COP(=O)(O)OOCc1cc(NC(=O)c2cc(C(=O)Nc3cc(C(=O)OP(=O)(O)OC)cc(C(=O)OP(=O)(O)OC)c3)cc(C(=O)Nc3cc(C(=O)OP(=O)(O)OC)cc(C(=O)OP(=O)(O)OC)c3)c2)cc(C(=O)OP(=O)(O)OC)c1. The van der Waals surface area contributed by atoms with E-state index in [0.29, 0.717) is 71.9 Å². The monoisotopic (exact) mass is 1270 g/mol. The highest BCUT2D eigenvalue weighted by atomic mass is 31.2. The number of phosphoric ester groups is 6. The molecule has 440 valence electrons. The average Bonchev–Trinajstić information content (AvgIpc) is 3.39. The maximum atomic E-state index is 14.2. The summed E-state index contributed by atoms with van der Waals surface area (Å²) < 4.78 is 124. The number of amides is 3. The van der Waals surface area contributed by atoms with Crippen molar-refractivity contribution in [2.45, 2.75) is 6.61 Å². The molecule has 42 heteroatoms. The third-order valence-electron chi connectivity index (χ3n) is 9.28. The van der Waals surface area contributed by atoms with Gasteiger partial charge in [-0.05, 0) is 78.4 Å². The highest BCUT2D eigenvalue weighted by Crippen LogP contribution is 2.47. The van der Waals surface area contributed by atoms with Crippen LogP contribution in [0, 0.1) is 0 Å². The van der Waals surface area contributed by atoms with Crippen LogP contribution in [0.1, 0.15) is 88.4 Å². The Kier molecular flexibility index (Phi) is 22.7. The molecule has 3 amide bonds. The first-order valence-electron chi connectivity index (χ1n) is 20.8. The van der Waals surface area contributed by atoms with Gasteiger partial charge in [-0.25, -0.2) is 56.3 Å². The van der Waals surface area contributed by atoms with Crippen LogP contribution < -0.4 is 16.0 Å². The summed E-state index contributed by atoms with van der Waals surface area (Å²) in [6, 6.07) is 9.03. The fourth-order valence-corrected chi connectivity index (χ4v) is 7.83. The van der Waals surface area contributed by atoms with Gasteiger partial charge >= 0.3 is 76.8 Å². The predicted molar refractivity (Wildman–Crippen MR) is 264 cm³/mol. The Morgan fingerprint density at radius 3 is 0.802 bits per heavy atom. The normalized spacial score (nSPS) is 15.7. The number of hydrogen-bond acceptors (Lipinski definition) is 27. The summed E-state index contributed by atoms with van der Waals surface area (Å²) in [4.78, 5) is 171. The highest BCUT2D eigenvalue weighted by Gasteiger charge is 2.32. The summed E-state index contributed by atoms with van der Waals surface area (Å²) in [5.74, 6) is -12.5. The van der Waals surface area contributed by atoms with E-state index in [-0.39, 0.29) is 5.56 Å². The Morgan fingerprint density at radius 1 is 0.333 bits per heavy atom. The minimum Gasteiger partial charge on any atom is -0.367 e. The van der Waals surface area contributed by atoms with Crippen LogP contribution in [0.4, 0.5) is 17.1 Å². The molecule has 4 aromatic carbocycles. The van der Waals surface area contributed by atoms with E-state index in [1.807, 2.05) is 0 Å². The highest BCUT2D eigenvalue weighted by molar-refractivity contribution is 7.49. The van der Waals surface area contributed by atoms with Crippen molar-refractivity contribution in [3.63, 3.8) is 0 Å². The van der Waals surface area contributed by atoms with Gasteiger partial charge in [0.2, 0.25) is 0 Å². The van der Waals surface area contributed by atoms with Gasteiger partial charge in [0.25, 0.3) is 17.7 Å². The molecule has 0 saturated carbocycles. The molecular weight excluding hydrogens is 1220 g/mol. The van der Waals surface area contributed by atoms with E-state index in [1.54, 1.807) is 0 Å². The van der Waals surface area contributed by atoms with E-state index in [2.05, 4.69) is 70.4 Å². The largest absolute Gasteiger partial charge is 0.529 e. The molecule has 9 N–H and O–H groups in total. The topological polar surface area (TPSA) is 516 Å². The van der Waals surface area contributed by atoms with Crippen molar-refractivity contribution in [2.24, 2.45) is 0 Å². The van der Waals surface area contributed by atoms with E-state index in [9.17, 15) is 95.1 Å². The van der Waals surface area contributed by atoms with Crippen LogP contribution in [0.15, 0.2) is 72.8 Å². The summed E-state index contributed by atoms with van der Waals surface area (Å²) in [5.41, 5.74) is -8.18. The summed E-state index contributed by atoms with van der Waals surface area (Å²) in [6.07, 6.45) is 0. The molecule has 0 heterocycles. The minimum absolute atomic E-state index is 0.223. The fraction of sp³-hybridized carbons (Fsp3) is 0.179. The van der Waals surface area contributed by atoms with Gasteiger partial charge in [0.05, 0.1) is 27.8 Å². The number of carbonyl (C=O) groups excluding carboxylic acids is 8. The second-order valence-corrected chi connectivity index (χ2v) is 23.7. The van der Waals surface area contributed by atoms with Crippen LogP contribution in [0.25, 0.3) is 0 Å². The van der Waals surface area contributed by atoms with Gasteiger partial charge < -0.3 is 43.5 Å². The number of carbonyl (C=O) groups is 8. The lowest BCUT2D eigenvalue weighted by Crippen LogP contribution is -2.20. The fourth-order valence-electron chi connectivity index (χ4n) is 5.63. The standard InChI is InChI=1S/C39H41N3O33P6/c1-63-76(51,52)70-35(46)24-7-20(19-69-75-81(61,62)68-6)8-29(14-24)40-32(43)21-9-22(33(44)41-30-15-25(36(47)71-77(53,54)64-2)12-26(16-30)37(48)72-78(55,56)65-3)11-23(10-21)34(45)42-31-17-27(38(49)73-79(57,58)66-4)13-28(18-31)39(50)74-80(59,60)67-5/h7-18H,19H2,1-6H3,(H,40,43)(H,41,44)(H,42,45)(H,51,52)(H,53,54)(H,55,56)(H,57,58)(H,59,60)(H,61,62). The lowest BCUT2D eigenvalue weighted by atomic mass is 10.0. The molecule has 6 atom stereocenters. The van der Waals surface area contributed by atoms with Crippen LogP contribution >= 0.6 is 46.9 Å². The van der Waals surface area contributed by atoms with Gasteiger partial charge in [-0.2, -0.15) is 0 Å². The first-order chi connectivity index (χ1) is 37.5. The predicted octanol–water partition coefficient (Wildman–Crippen LogP) is 5.16. The van der Waals surface area contributed by atoms with Gasteiger partial charge in [-0.3, -0.25) is 66.0 Å². The Labute approximate surface area is 452 Å². The van der Waals surface area contributed by atoms with Crippen LogP contribution in [0.5, 0.6) is 0 Å². The third-order valence-corrected chi connectivity index (χ3v) is 14.3. The minimum atomic E-state index is -5.13. The van der Waals surface area contributed by atoms with Crippen LogP contribution in [0.3, 0.4) is 0 Å². The number of hydrogen-bond donors (Lipinski definition) is 9. The zero-order valence-corrected chi connectivity index (χ0v) is 46.9. The lowest BCUT2D eigenvalue weighted by Gasteiger charge is -2.15. The van der Waals surface area contributed by atoms with Gasteiger partial charge in [-0.1, -0.05) is 0 Å². The van der Waals surface area contributed by atoms with Crippen LogP contribution in [-0.2, 0) is 93.3 Å². The third kappa shape index (κ3) is 20.4. The molecule has 0 spiro atoms. The average molecular weight is 1270 g/mol. The maximum absolute atomic E-state index is 14.2. The van der Waals surface area contributed by atoms with Gasteiger partial charge in [0, 0.05) is 76.4 Å². The zero-order valence-electron chi connectivity index (χ0n) is 41.5. The summed E-state index contributed by atoms with van der Waals surface area (Å²) >= 11 is 0. The van der Waals surface area contributed by atoms with Crippen LogP contribution in [-0.4, -0.2) is 120 Å². The lowest BCUT2D eigenvalue weighted by molar-refractivity contribution is -0.233. The molecule has 6 unspecified atom stereocenters. The molecule has 81 heavy (non-hydrogen) atoms. The number of phosphoric acid groups is 6.